The minimum atomic E-state index is 0.293. The largest absolute Gasteiger partial charge is 0.373 e. The molecule has 2 nitrogen and oxygen atoms in total. The highest BCUT2D eigenvalue weighted by molar-refractivity contribution is 5.36. The summed E-state index contributed by atoms with van der Waals surface area (Å²) in [5.41, 5.74) is 4.19. The maximum atomic E-state index is 6.15. The van der Waals surface area contributed by atoms with Gasteiger partial charge in [0.1, 0.15) is 0 Å². The Hall–Kier alpha value is -0.860. The third-order valence-corrected chi connectivity index (χ3v) is 4.52. The molecule has 1 aromatic carbocycles. The van der Waals surface area contributed by atoms with Crippen molar-refractivity contribution in [1.82, 2.24) is 5.32 Å². The van der Waals surface area contributed by atoms with Gasteiger partial charge in [-0.3, -0.25) is 0 Å². The first-order valence-electron chi connectivity index (χ1n) is 7.67. The summed E-state index contributed by atoms with van der Waals surface area (Å²) in [5.74, 6) is 0.633. The molecule has 19 heavy (non-hydrogen) atoms. The van der Waals surface area contributed by atoms with Gasteiger partial charge in [-0.15, -0.1) is 0 Å². The fourth-order valence-corrected chi connectivity index (χ4v) is 3.25. The molecule has 0 radical (unpaired) electrons. The van der Waals surface area contributed by atoms with Crippen molar-refractivity contribution in [2.75, 3.05) is 13.2 Å². The van der Waals surface area contributed by atoms with Gasteiger partial charge in [0.25, 0.3) is 0 Å². The van der Waals surface area contributed by atoms with E-state index in [0.29, 0.717) is 12.0 Å². The van der Waals surface area contributed by atoms with Gasteiger partial charge in [-0.25, -0.2) is 0 Å². The van der Waals surface area contributed by atoms with Gasteiger partial charge in [0, 0.05) is 25.1 Å². The predicted octanol–water partition coefficient (Wildman–Crippen LogP) is 3.52. The SMILES string of the molecule is Cc1cccc(C)c1C1OCCCC1CNC1CC1. The molecule has 3 rings (SSSR count). The zero-order valence-corrected chi connectivity index (χ0v) is 12.1. The Morgan fingerprint density at radius 1 is 1.16 bits per heavy atom. The summed E-state index contributed by atoms with van der Waals surface area (Å²) >= 11 is 0. The Balaban J connectivity index is 1.78. The van der Waals surface area contributed by atoms with Crippen LogP contribution in [0.3, 0.4) is 0 Å². The molecule has 1 aliphatic heterocycles. The van der Waals surface area contributed by atoms with Crippen molar-refractivity contribution >= 4 is 0 Å². The van der Waals surface area contributed by atoms with Crippen LogP contribution >= 0.6 is 0 Å². The van der Waals surface area contributed by atoms with Crippen molar-refractivity contribution < 1.29 is 4.74 Å². The van der Waals surface area contributed by atoms with E-state index in [0.717, 1.165) is 19.2 Å². The standard InChI is InChI=1S/C17H25NO/c1-12-5-3-6-13(2)16(12)17-14(7-4-10-19-17)11-18-15-8-9-15/h3,5-6,14-15,17-18H,4,7-11H2,1-2H3. The quantitative estimate of drug-likeness (QED) is 0.893. The Bertz CT molecular complexity index is 419. The molecule has 1 saturated carbocycles. The van der Waals surface area contributed by atoms with Crippen LogP contribution in [0.1, 0.15) is 48.5 Å². The van der Waals surface area contributed by atoms with Crippen molar-refractivity contribution in [2.45, 2.75) is 51.7 Å². The second kappa shape index (κ2) is 5.64. The van der Waals surface area contributed by atoms with Gasteiger partial charge in [0.2, 0.25) is 0 Å². The number of hydrogen-bond acceptors (Lipinski definition) is 2. The van der Waals surface area contributed by atoms with Crippen LogP contribution < -0.4 is 5.32 Å². The second-order valence-electron chi connectivity index (χ2n) is 6.18. The summed E-state index contributed by atoms with van der Waals surface area (Å²) in [6.45, 7) is 6.46. The number of benzene rings is 1. The highest BCUT2D eigenvalue weighted by Crippen LogP contribution is 2.37. The van der Waals surface area contributed by atoms with Crippen LogP contribution in [0.4, 0.5) is 0 Å². The first-order chi connectivity index (χ1) is 9.25. The van der Waals surface area contributed by atoms with E-state index in [1.807, 2.05) is 0 Å². The highest BCUT2D eigenvalue weighted by atomic mass is 16.5. The summed E-state index contributed by atoms with van der Waals surface area (Å²) < 4.78 is 6.15. The minimum Gasteiger partial charge on any atom is -0.373 e. The summed E-state index contributed by atoms with van der Waals surface area (Å²) in [5, 5.41) is 3.68. The molecule has 2 aliphatic rings. The topological polar surface area (TPSA) is 21.3 Å². The summed E-state index contributed by atoms with van der Waals surface area (Å²) in [4.78, 5) is 0. The maximum absolute atomic E-state index is 6.15. The zero-order valence-electron chi connectivity index (χ0n) is 12.1. The van der Waals surface area contributed by atoms with Crippen molar-refractivity contribution in [1.29, 1.82) is 0 Å². The molecule has 1 aromatic rings. The monoisotopic (exact) mass is 259 g/mol. The molecule has 1 aliphatic carbocycles. The predicted molar refractivity (Wildman–Crippen MR) is 78.4 cm³/mol. The van der Waals surface area contributed by atoms with Crippen molar-refractivity contribution in [3.63, 3.8) is 0 Å². The molecule has 104 valence electrons. The number of rotatable bonds is 4. The fourth-order valence-electron chi connectivity index (χ4n) is 3.25. The molecule has 2 atom stereocenters. The van der Waals surface area contributed by atoms with Crippen LogP contribution in [0.2, 0.25) is 0 Å². The van der Waals surface area contributed by atoms with E-state index < -0.39 is 0 Å². The van der Waals surface area contributed by atoms with Crippen LogP contribution in [0.5, 0.6) is 0 Å². The Kier molecular flexibility index (Phi) is 3.90. The lowest BCUT2D eigenvalue weighted by molar-refractivity contribution is -0.0285. The highest BCUT2D eigenvalue weighted by Gasteiger charge is 2.31. The molecule has 1 heterocycles. The average Bonchev–Trinajstić information content (AvgIpc) is 3.21. The molecule has 2 heteroatoms. The Labute approximate surface area is 116 Å². The Morgan fingerprint density at radius 2 is 1.89 bits per heavy atom. The van der Waals surface area contributed by atoms with Crippen molar-refractivity contribution in [3.05, 3.63) is 34.9 Å². The lowest BCUT2D eigenvalue weighted by Gasteiger charge is -2.34. The normalized spacial score (nSPS) is 27.5. The van der Waals surface area contributed by atoms with Gasteiger partial charge >= 0.3 is 0 Å². The van der Waals surface area contributed by atoms with Gasteiger partial charge in [-0.2, -0.15) is 0 Å². The number of aryl methyl sites for hydroxylation is 2. The summed E-state index contributed by atoms with van der Waals surface area (Å²) in [7, 11) is 0. The van der Waals surface area contributed by atoms with Crippen LogP contribution in [0.25, 0.3) is 0 Å². The Morgan fingerprint density at radius 3 is 2.58 bits per heavy atom. The number of ether oxygens (including phenoxy) is 1. The first kappa shape index (κ1) is 13.1. The summed E-state index contributed by atoms with van der Waals surface area (Å²) in [6.07, 6.45) is 5.51. The third-order valence-electron chi connectivity index (χ3n) is 4.52. The van der Waals surface area contributed by atoms with Gasteiger partial charge < -0.3 is 10.1 Å². The van der Waals surface area contributed by atoms with Gasteiger partial charge in [0.05, 0.1) is 6.10 Å². The molecule has 1 N–H and O–H groups in total. The molecular weight excluding hydrogens is 234 g/mol. The van der Waals surface area contributed by atoms with Gasteiger partial charge in [-0.1, -0.05) is 18.2 Å². The second-order valence-corrected chi connectivity index (χ2v) is 6.18. The fraction of sp³-hybridized carbons (Fsp3) is 0.647. The van der Waals surface area contributed by atoms with E-state index in [4.69, 9.17) is 4.74 Å². The molecule has 0 bridgehead atoms. The first-order valence-corrected chi connectivity index (χ1v) is 7.67. The van der Waals surface area contributed by atoms with E-state index in [1.165, 1.54) is 42.4 Å². The van der Waals surface area contributed by atoms with E-state index in [2.05, 4.69) is 37.4 Å². The minimum absolute atomic E-state index is 0.293. The van der Waals surface area contributed by atoms with E-state index in [1.54, 1.807) is 0 Å². The molecule has 0 aromatic heterocycles. The third kappa shape index (κ3) is 3.01. The van der Waals surface area contributed by atoms with E-state index in [9.17, 15) is 0 Å². The van der Waals surface area contributed by atoms with E-state index >= 15 is 0 Å². The van der Waals surface area contributed by atoms with Crippen LogP contribution in [0, 0.1) is 19.8 Å². The van der Waals surface area contributed by atoms with Gasteiger partial charge in [0.15, 0.2) is 0 Å². The smallest absolute Gasteiger partial charge is 0.0870 e. The van der Waals surface area contributed by atoms with Crippen LogP contribution in [0.15, 0.2) is 18.2 Å². The average molecular weight is 259 g/mol. The molecular formula is C17H25NO. The number of hydrogen-bond donors (Lipinski definition) is 1. The number of nitrogens with one attached hydrogen (secondary N) is 1. The summed E-state index contributed by atoms with van der Waals surface area (Å²) in [6, 6.07) is 7.37. The molecule has 1 saturated heterocycles. The van der Waals surface area contributed by atoms with Crippen molar-refractivity contribution in [3.8, 4) is 0 Å². The van der Waals surface area contributed by atoms with Crippen LogP contribution in [-0.4, -0.2) is 19.2 Å². The van der Waals surface area contributed by atoms with Gasteiger partial charge in [-0.05, 0) is 56.2 Å². The molecule has 0 spiro atoms. The zero-order chi connectivity index (χ0) is 13.2. The van der Waals surface area contributed by atoms with E-state index in [-0.39, 0.29) is 0 Å². The maximum Gasteiger partial charge on any atom is 0.0870 e. The lowest BCUT2D eigenvalue weighted by atomic mass is 9.85. The van der Waals surface area contributed by atoms with Crippen LogP contribution in [-0.2, 0) is 4.74 Å². The lowest BCUT2D eigenvalue weighted by Crippen LogP contribution is -2.33. The molecule has 2 fully saturated rings. The van der Waals surface area contributed by atoms with Crippen molar-refractivity contribution in [2.24, 2.45) is 5.92 Å². The molecule has 2 unspecified atom stereocenters. The molecule has 0 amide bonds.